The van der Waals surface area contributed by atoms with Gasteiger partial charge in [0, 0.05) is 19.3 Å². The number of ether oxygens (including phenoxy) is 3. The molecule has 0 saturated heterocycles. The molecule has 0 spiro atoms. The van der Waals surface area contributed by atoms with Crippen molar-refractivity contribution in [2.75, 3.05) is 13.2 Å². The first-order chi connectivity index (χ1) is 33.0. The number of allylic oxidation sites excluding steroid dienone is 10. The maximum absolute atomic E-state index is 12.8. The fourth-order valence-electron chi connectivity index (χ4n) is 8.13. The van der Waals surface area contributed by atoms with Crippen LogP contribution in [0.3, 0.4) is 0 Å². The Morgan fingerprint density at radius 3 is 0.866 bits per heavy atom. The van der Waals surface area contributed by atoms with Crippen LogP contribution < -0.4 is 0 Å². The topological polar surface area (TPSA) is 78.9 Å². The molecule has 0 fully saturated rings. The molecule has 0 radical (unpaired) electrons. The average Bonchev–Trinajstić information content (AvgIpc) is 3.33. The Balaban J connectivity index is 4.39. The van der Waals surface area contributed by atoms with Gasteiger partial charge >= 0.3 is 17.9 Å². The summed E-state index contributed by atoms with van der Waals surface area (Å²) >= 11 is 0. The summed E-state index contributed by atoms with van der Waals surface area (Å²) in [5.74, 6) is -0.897. The Bertz CT molecular complexity index is 1210. The fraction of sp³-hybridized carbons (Fsp3) is 0.787. The van der Waals surface area contributed by atoms with Crippen molar-refractivity contribution in [2.45, 2.75) is 297 Å². The molecule has 6 nitrogen and oxygen atoms in total. The predicted molar refractivity (Wildman–Crippen MR) is 288 cm³/mol. The molecule has 1 atom stereocenters. The van der Waals surface area contributed by atoms with Crippen molar-refractivity contribution in [2.24, 2.45) is 0 Å². The van der Waals surface area contributed by atoms with Crippen LogP contribution in [-0.2, 0) is 28.6 Å². The van der Waals surface area contributed by atoms with E-state index < -0.39 is 6.10 Å². The number of unbranched alkanes of at least 4 members (excludes halogenated alkanes) is 31. The molecular formula is C61H108O6. The van der Waals surface area contributed by atoms with Crippen molar-refractivity contribution >= 4 is 17.9 Å². The van der Waals surface area contributed by atoms with E-state index in [0.29, 0.717) is 19.3 Å². The van der Waals surface area contributed by atoms with Crippen LogP contribution >= 0.6 is 0 Å². The van der Waals surface area contributed by atoms with Gasteiger partial charge in [-0.15, -0.1) is 0 Å². The minimum Gasteiger partial charge on any atom is -0.462 e. The second-order valence-corrected chi connectivity index (χ2v) is 19.2. The Labute approximate surface area is 415 Å². The fourth-order valence-corrected chi connectivity index (χ4v) is 8.13. The van der Waals surface area contributed by atoms with E-state index in [1.165, 1.54) is 161 Å². The summed E-state index contributed by atoms with van der Waals surface area (Å²) in [7, 11) is 0. The lowest BCUT2D eigenvalue weighted by Gasteiger charge is -2.18. The summed E-state index contributed by atoms with van der Waals surface area (Å²) in [5.41, 5.74) is 0. The molecular weight excluding hydrogens is 829 g/mol. The summed E-state index contributed by atoms with van der Waals surface area (Å²) in [6.07, 6.45) is 69.2. The molecule has 0 aliphatic carbocycles. The molecule has 67 heavy (non-hydrogen) atoms. The van der Waals surface area contributed by atoms with Crippen LogP contribution in [0.2, 0.25) is 0 Å². The molecule has 0 heterocycles. The van der Waals surface area contributed by atoms with Crippen LogP contribution in [0.1, 0.15) is 290 Å². The second kappa shape index (κ2) is 55.7. The van der Waals surface area contributed by atoms with Crippen molar-refractivity contribution in [1.82, 2.24) is 0 Å². The summed E-state index contributed by atoms with van der Waals surface area (Å²) in [6.45, 7) is 6.59. The van der Waals surface area contributed by atoms with Gasteiger partial charge in [0.2, 0.25) is 0 Å². The number of hydrogen-bond acceptors (Lipinski definition) is 6. The Morgan fingerprint density at radius 1 is 0.299 bits per heavy atom. The van der Waals surface area contributed by atoms with Crippen LogP contribution in [0.25, 0.3) is 0 Å². The third-order valence-corrected chi connectivity index (χ3v) is 12.5. The van der Waals surface area contributed by atoms with E-state index in [9.17, 15) is 14.4 Å². The van der Waals surface area contributed by atoms with Crippen molar-refractivity contribution in [3.05, 3.63) is 60.8 Å². The van der Waals surface area contributed by atoms with E-state index in [-0.39, 0.29) is 31.1 Å². The number of carbonyl (C=O) groups excluding carboxylic acids is 3. The number of esters is 3. The van der Waals surface area contributed by atoms with Crippen LogP contribution in [0, 0.1) is 0 Å². The van der Waals surface area contributed by atoms with Crippen molar-refractivity contribution < 1.29 is 28.6 Å². The monoisotopic (exact) mass is 937 g/mol. The highest BCUT2D eigenvalue weighted by molar-refractivity contribution is 5.71. The lowest BCUT2D eigenvalue weighted by molar-refractivity contribution is -0.167. The molecule has 0 amide bonds. The Morgan fingerprint density at radius 2 is 0.537 bits per heavy atom. The highest BCUT2D eigenvalue weighted by atomic mass is 16.6. The van der Waals surface area contributed by atoms with E-state index >= 15 is 0 Å². The van der Waals surface area contributed by atoms with Gasteiger partial charge in [0.25, 0.3) is 0 Å². The smallest absolute Gasteiger partial charge is 0.306 e. The standard InChI is InChI=1S/C61H108O6/c1-4-7-10-13-16-19-22-25-27-29-30-32-33-36-39-42-45-48-51-54-60(63)66-57-58(56-65-59(62)53-50-47-44-41-38-35-24-21-18-15-12-9-6-3)67-61(64)55-52-49-46-43-40-37-34-31-28-26-23-20-17-14-11-8-5-2/h16-17,19-20,25-28,34,37,58H,4-15,18,21-24,29-33,35-36,38-57H2,1-3H3/b19-16-,20-17-,27-25-,28-26-,37-34-/t58-/m0/s1. The van der Waals surface area contributed by atoms with Gasteiger partial charge in [-0.1, -0.05) is 242 Å². The zero-order valence-corrected chi connectivity index (χ0v) is 44.4. The number of carbonyl (C=O) groups is 3. The lowest BCUT2D eigenvalue weighted by Crippen LogP contribution is -2.30. The Hall–Kier alpha value is -2.89. The maximum Gasteiger partial charge on any atom is 0.306 e. The van der Waals surface area contributed by atoms with Gasteiger partial charge in [0.05, 0.1) is 0 Å². The zero-order valence-electron chi connectivity index (χ0n) is 44.4. The van der Waals surface area contributed by atoms with Crippen LogP contribution in [-0.4, -0.2) is 37.2 Å². The van der Waals surface area contributed by atoms with Gasteiger partial charge in [0.15, 0.2) is 6.10 Å². The molecule has 0 unspecified atom stereocenters. The highest BCUT2D eigenvalue weighted by Gasteiger charge is 2.19. The van der Waals surface area contributed by atoms with Gasteiger partial charge < -0.3 is 14.2 Å². The molecule has 6 heteroatoms. The van der Waals surface area contributed by atoms with E-state index in [1.807, 2.05) is 0 Å². The van der Waals surface area contributed by atoms with E-state index in [1.54, 1.807) is 0 Å². The van der Waals surface area contributed by atoms with Crippen molar-refractivity contribution in [3.8, 4) is 0 Å². The molecule has 0 aromatic heterocycles. The predicted octanol–water partition coefficient (Wildman–Crippen LogP) is 19.2. The van der Waals surface area contributed by atoms with Crippen LogP contribution in [0.5, 0.6) is 0 Å². The summed E-state index contributed by atoms with van der Waals surface area (Å²) in [5, 5.41) is 0. The van der Waals surface area contributed by atoms with Gasteiger partial charge in [-0.05, 0) is 89.9 Å². The average molecular weight is 938 g/mol. The second-order valence-electron chi connectivity index (χ2n) is 19.2. The zero-order chi connectivity index (χ0) is 48.6. The van der Waals surface area contributed by atoms with Gasteiger partial charge in [-0.25, -0.2) is 0 Å². The molecule has 0 aliphatic rings. The van der Waals surface area contributed by atoms with Crippen LogP contribution in [0.15, 0.2) is 60.8 Å². The molecule has 0 rings (SSSR count). The molecule has 0 N–H and O–H groups in total. The molecule has 0 saturated carbocycles. The molecule has 0 aliphatic heterocycles. The first-order valence-corrected chi connectivity index (χ1v) is 28.8. The molecule has 0 aromatic rings. The lowest BCUT2D eigenvalue weighted by atomic mass is 10.0. The molecule has 388 valence electrons. The van der Waals surface area contributed by atoms with E-state index in [2.05, 4.69) is 81.5 Å². The van der Waals surface area contributed by atoms with Gasteiger partial charge in [0.1, 0.15) is 13.2 Å². The largest absolute Gasteiger partial charge is 0.462 e. The number of rotatable bonds is 52. The SMILES string of the molecule is CCCCC/C=C\C/C=C\C/C=C\CCCCCCC(=O)O[C@H](COC(=O)CCCCCCCCCCC/C=C\C/C=C\CCCCC)COC(=O)CCCCCCCCCCCCCCC. The minimum absolute atomic E-state index is 0.0822. The summed E-state index contributed by atoms with van der Waals surface area (Å²) < 4.78 is 16.9. The quantitative estimate of drug-likeness (QED) is 0.0262. The third kappa shape index (κ3) is 53.9. The van der Waals surface area contributed by atoms with Crippen LogP contribution in [0.4, 0.5) is 0 Å². The first kappa shape index (κ1) is 64.1. The van der Waals surface area contributed by atoms with E-state index in [4.69, 9.17) is 14.2 Å². The number of hydrogen-bond donors (Lipinski definition) is 0. The van der Waals surface area contributed by atoms with Gasteiger partial charge in [-0.3, -0.25) is 14.4 Å². The first-order valence-electron chi connectivity index (χ1n) is 28.8. The molecule has 0 aromatic carbocycles. The maximum atomic E-state index is 12.8. The highest BCUT2D eigenvalue weighted by Crippen LogP contribution is 2.16. The van der Waals surface area contributed by atoms with Crippen molar-refractivity contribution in [1.29, 1.82) is 0 Å². The van der Waals surface area contributed by atoms with Crippen molar-refractivity contribution in [3.63, 3.8) is 0 Å². The summed E-state index contributed by atoms with van der Waals surface area (Å²) in [4.78, 5) is 38.1. The van der Waals surface area contributed by atoms with E-state index in [0.717, 1.165) is 89.9 Å². The Kier molecular flexibility index (Phi) is 53.3. The third-order valence-electron chi connectivity index (χ3n) is 12.5. The molecule has 0 bridgehead atoms. The summed E-state index contributed by atoms with van der Waals surface area (Å²) in [6, 6.07) is 0. The minimum atomic E-state index is -0.786. The normalized spacial score (nSPS) is 12.5. The van der Waals surface area contributed by atoms with Gasteiger partial charge in [-0.2, -0.15) is 0 Å².